The van der Waals surface area contributed by atoms with E-state index in [0.29, 0.717) is 11.3 Å². The van der Waals surface area contributed by atoms with Gasteiger partial charge in [-0.25, -0.2) is 12.8 Å². The molecule has 0 bridgehead atoms. The highest BCUT2D eigenvalue weighted by Crippen LogP contribution is 2.33. The molecule has 0 aliphatic carbocycles. The molecule has 2 aromatic carbocycles. The molecule has 3 rings (SSSR count). The minimum absolute atomic E-state index is 0.0643. The smallest absolute Gasteiger partial charge is 0.228 e. The highest BCUT2D eigenvalue weighted by atomic mass is 35.5. The first kappa shape index (κ1) is 19.1. The lowest BCUT2D eigenvalue weighted by atomic mass is 10.1. The average Bonchev–Trinajstić information content (AvgIpc) is 2.58. The van der Waals surface area contributed by atoms with Crippen LogP contribution >= 0.6 is 11.6 Å². The SMILES string of the molecule is Cc1cc(=O)c(Oc2ccc(Cl)cc2F)c(-c2ccc(S(C)(=O)=O)cc2)o1. The second-order valence-corrected chi connectivity index (χ2v) is 8.31. The quantitative estimate of drug-likeness (QED) is 0.630. The summed E-state index contributed by atoms with van der Waals surface area (Å²) in [5.74, 6) is -0.750. The normalized spacial score (nSPS) is 11.4. The summed E-state index contributed by atoms with van der Waals surface area (Å²) in [5, 5.41) is 0.187. The van der Waals surface area contributed by atoms with Crippen molar-refractivity contribution < 1.29 is 22.0 Å². The van der Waals surface area contributed by atoms with E-state index in [1.165, 1.54) is 42.5 Å². The Morgan fingerprint density at radius 1 is 1.07 bits per heavy atom. The van der Waals surface area contributed by atoms with E-state index in [9.17, 15) is 17.6 Å². The summed E-state index contributed by atoms with van der Waals surface area (Å²) >= 11 is 5.73. The fourth-order valence-electron chi connectivity index (χ4n) is 2.41. The Morgan fingerprint density at radius 3 is 2.33 bits per heavy atom. The van der Waals surface area contributed by atoms with Crippen molar-refractivity contribution in [3.8, 4) is 22.8 Å². The van der Waals surface area contributed by atoms with Gasteiger partial charge in [-0.15, -0.1) is 0 Å². The molecule has 0 amide bonds. The van der Waals surface area contributed by atoms with Crippen LogP contribution in [-0.4, -0.2) is 14.7 Å². The highest BCUT2D eigenvalue weighted by molar-refractivity contribution is 7.90. The van der Waals surface area contributed by atoms with E-state index in [-0.39, 0.29) is 27.2 Å². The van der Waals surface area contributed by atoms with Crippen molar-refractivity contribution in [2.24, 2.45) is 0 Å². The molecule has 0 saturated heterocycles. The first-order valence-electron chi connectivity index (χ1n) is 7.73. The summed E-state index contributed by atoms with van der Waals surface area (Å²) in [7, 11) is -3.37. The van der Waals surface area contributed by atoms with Crippen molar-refractivity contribution in [1.29, 1.82) is 0 Å². The molecule has 1 aromatic heterocycles. The maximum atomic E-state index is 14.1. The minimum Gasteiger partial charge on any atom is -0.457 e. The lowest BCUT2D eigenvalue weighted by molar-refractivity contribution is 0.415. The number of ether oxygens (including phenoxy) is 1. The molecule has 1 heterocycles. The zero-order valence-electron chi connectivity index (χ0n) is 14.3. The van der Waals surface area contributed by atoms with Crippen molar-refractivity contribution in [3.63, 3.8) is 0 Å². The molecule has 0 unspecified atom stereocenters. The van der Waals surface area contributed by atoms with E-state index in [0.717, 1.165) is 12.3 Å². The zero-order valence-corrected chi connectivity index (χ0v) is 15.9. The van der Waals surface area contributed by atoms with Crippen LogP contribution in [0.5, 0.6) is 11.5 Å². The van der Waals surface area contributed by atoms with Crippen molar-refractivity contribution in [2.45, 2.75) is 11.8 Å². The van der Waals surface area contributed by atoms with E-state index >= 15 is 0 Å². The molecule has 0 fully saturated rings. The topological polar surface area (TPSA) is 73.6 Å². The average molecular weight is 409 g/mol. The fraction of sp³-hybridized carbons (Fsp3) is 0.105. The molecule has 0 spiro atoms. The molecule has 0 radical (unpaired) electrons. The monoisotopic (exact) mass is 408 g/mol. The Balaban J connectivity index is 2.12. The van der Waals surface area contributed by atoms with Gasteiger partial charge in [0.15, 0.2) is 27.2 Å². The van der Waals surface area contributed by atoms with Gasteiger partial charge in [-0.05, 0) is 49.4 Å². The number of hydrogen-bond donors (Lipinski definition) is 0. The molecule has 8 heteroatoms. The Labute approximate surface area is 159 Å². The maximum absolute atomic E-state index is 14.1. The van der Waals surface area contributed by atoms with Gasteiger partial charge < -0.3 is 9.15 Å². The number of halogens is 2. The second-order valence-electron chi connectivity index (χ2n) is 5.85. The Bertz CT molecular complexity index is 1170. The van der Waals surface area contributed by atoms with Crippen LogP contribution in [0.4, 0.5) is 4.39 Å². The van der Waals surface area contributed by atoms with Crippen molar-refractivity contribution in [1.82, 2.24) is 0 Å². The predicted molar refractivity (Wildman–Crippen MR) is 99.7 cm³/mol. The van der Waals surface area contributed by atoms with Crippen LogP contribution in [-0.2, 0) is 9.84 Å². The number of aryl methyl sites for hydroxylation is 1. The second kappa shape index (κ2) is 7.17. The number of hydrogen-bond acceptors (Lipinski definition) is 5. The van der Waals surface area contributed by atoms with Gasteiger partial charge in [0.25, 0.3) is 0 Å². The Kier molecular flexibility index (Phi) is 5.08. The summed E-state index contributed by atoms with van der Waals surface area (Å²) in [4.78, 5) is 12.5. The number of rotatable bonds is 4. The largest absolute Gasteiger partial charge is 0.457 e. The minimum atomic E-state index is -3.37. The van der Waals surface area contributed by atoms with Crippen LogP contribution in [0.3, 0.4) is 0 Å². The molecule has 3 aromatic rings. The van der Waals surface area contributed by atoms with Crippen LogP contribution in [0.2, 0.25) is 5.02 Å². The zero-order chi connectivity index (χ0) is 19.8. The van der Waals surface area contributed by atoms with Gasteiger partial charge >= 0.3 is 0 Å². The predicted octanol–water partition coefficient (Wildman–Crippen LogP) is 4.60. The summed E-state index contributed by atoms with van der Waals surface area (Å²) in [6.07, 6.45) is 1.09. The number of sulfone groups is 1. The summed E-state index contributed by atoms with van der Waals surface area (Å²) in [6, 6.07) is 10.8. The van der Waals surface area contributed by atoms with E-state index < -0.39 is 21.1 Å². The summed E-state index contributed by atoms with van der Waals surface area (Å²) < 4.78 is 48.4. The van der Waals surface area contributed by atoms with Crippen LogP contribution in [0, 0.1) is 12.7 Å². The lowest BCUT2D eigenvalue weighted by Crippen LogP contribution is -2.07. The molecule has 0 aliphatic rings. The van der Waals surface area contributed by atoms with Gasteiger partial charge in [0.1, 0.15) is 5.76 Å². The van der Waals surface area contributed by atoms with E-state index in [2.05, 4.69) is 0 Å². The fourth-order valence-corrected chi connectivity index (χ4v) is 3.20. The van der Waals surface area contributed by atoms with Crippen molar-refractivity contribution >= 4 is 21.4 Å². The third kappa shape index (κ3) is 4.20. The van der Waals surface area contributed by atoms with Gasteiger partial charge in [-0.3, -0.25) is 4.79 Å². The molecule has 140 valence electrons. The van der Waals surface area contributed by atoms with Crippen LogP contribution < -0.4 is 10.2 Å². The molecular formula is C19H14ClFO5S. The Morgan fingerprint density at radius 2 is 1.74 bits per heavy atom. The molecule has 0 saturated carbocycles. The van der Waals surface area contributed by atoms with Crippen LogP contribution in [0.15, 0.2) is 62.6 Å². The highest BCUT2D eigenvalue weighted by Gasteiger charge is 2.18. The van der Waals surface area contributed by atoms with Crippen molar-refractivity contribution in [3.05, 3.63) is 75.4 Å². The van der Waals surface area contributed by atoms with Crippen molar-refractivity contribution in [2.75, 3.05) is 6.26 Å². The lowest BCUT2D eigenvalue weighted by Gasteiger charge is -2.11. The van der Waals surface area contributed by atoms with E-state index in [1.807, 2.05) is 0 Å². The van der Waals surface area contributed by atoms with Gasteiger partial charge in [0.05, 0.1) is 4.90 Å². The van der Waals surface area contributed by atoms with Gasteiger partial charge in [0, 0.05) is 22.9 Å². The molecule has 27 heavy (non-hydrogen) atoms. The van der Waals surface area contributed by atoms with E-state index in [4.69, 9.17) is 20.8 Å². The summed E-state index contributed by atoms with van der Waals surface area (Å²) in [5.41, 5.74) is -0.0946. The van der Waals surface area contributed by atoms with Crippen LogP contribution in [0.1, 0.15) is 5.76 Å². The molecule has 0 aliphatic heterocycles. The summed E-state index contributed by atoms with van der Waals surface area (Å²) in [6.45, 7) is 1.59. The third-order valence-electron chi connectivity index (χ3n) is 3.68. The third-order valence-corrected chi connectivity index (χ3v) is 5.04. The maximum Gasteiger partial charge on any atom is 0.228 e. The molecule has 0 atom stereocenters. The standard InChI is InChI=1S/C19H14ClFO5S/c1-11-9-16(22)19(26-17-8-5-13(20)10-15(17)21)18(25-11)12-3-6-14(7-4-12)27(2,23)24/h3-10H,1-2H3. The van der Waals surface area contributed by atoms with Gasteiger partial charge in [-0.2, -0.15) is 0 Å². The first-order valence-corrected chi connectivity index (χ1v) is 10.0. The molecular weight excluding hydrogens is 395 g/mol. The van der Waals surface area contributed by atoms with Gasteiger partial charge in [0.2, 0.25) is 11.2 Å². The molecule has 5 nitrogen and oxygen atoms in total. The van der Waals surface area contributed by atoms with E-state index in [1.54, 1.807) is 6.92 Å². The first-order chi connectivity index (χ1) is 12.6. The Hall–Kier alpha value is -2.64. The number of benzene rings is 2. The van der Waals surface area contributed by atoms with Gasteiger partial charge in [-0.1, -0.05) is 11.6 Å². The van der Waals surface area contributed by atoms with Crippen LogP contribution in [0.25, 0.3) is 11.3 Å². The molecule has 0 N–H and O–H groups in total.